The number of nitrogens with zero attached hydrogens (tertiary/aromatic N) is 1. The summed E-state index contributed by atoms with van der Waals surface area (Å²) in [6, 6.07) is 12.7. The molecule has 1 N–H and O–H groups in total. The lowest BCUT2D eigenvalue weighted by molar-refractivity contribution is -0.126. The van der Waals surface area contributed by atoms with Gasteiger partial charge in [0.2, 0.25) is 0 Å². The van der Waals surface area contributed by atoms with Crippen molar-refractivity contribution < 1.29 is 14.0 Å². The molecule has 0 aromatic heterocycles. The molecule has 0 saturated heterocycles. The van der Waals surface area contributed by atoms with E-state index in [1.54, 1.807) is 36.4 Å². The van der Waals surface area contributed by atoms with Crippen LogP contribution in [0.25, 0.3) is 0 Å². The number of halogens is 2. The first-order chi connectivity index (χ1) is 11.0. The number of oxime groups is 1. The molecule has 120 valence electrons. The highest BCUT2D eigenvalue weighted by Crippen LogP contribution is 2.12. The summed E-state index contributed by atoms with van der Waals surface area (Å²) in [6.07, 6.45) is 1.49. The number of nitrogens with one attached hydrogen (secondary N) is 1. The summed E-state index contributed by atoms with van der Waals surface area (Å²) in [7, 11) is 0. The molecular formula is C17H16ClFN2O2. The molecule has 1 atom stereocenters. The second-order valence-corrected chi connectivity index (χ2v) is 5.34. The fourth-order valence-corrected chi connectivity index (χ4v) is 1.99. The minimum Gasteiger partial charge on any atom is -0.386 e. The van der Waals surface area contributed by atoms with Gasteiger partial charge in [-0.25, -0.2) is 4.39 Å². The van der Waals surface area contributed by atoms with Crippen LogP contribution in [-0.4, -0.2) is 18.7 Å². The van der Waals surface area contributed by atoms with E-state index in [2.05, 4.69) is 10.5 Å². The normalized spacial score (nSPS) is 12.1. The molecule has 0 spiro atoms. The molecular weight excluding hydrogens is 319 g/mol. The van der Waals surface area contributed by atoms with Gasteiger partial charge in [0.15, 0.2) is 6.61 Å². The largest absolute Gasteiger partial charge is 0.386 e. The average Bonchev–Trinajstić information content (AvgIpc) is 2.54. The Morgan fingerprint density at radius 2 is 1.91 bits per heavy atom. The average molecular weight is 335 g/mol. The Hall–Kier alpha value is -2.40. The van der Waals surface area contributed by atoms with Gasteiger partial charge in [0.05, 0.1) is 12.3 Å². The van der Waals surface area contributed by atoms with E-state index >= 15 is 0 Å². The molecule has 1 unspecified atom stereocenters. The Kier molecular flexibility index (Phi) is 6.11. The van der Waals surface area contributed by atoms with Gasteiger partial charge in [-0.15, -0.1) is 0 Å². The minimum atomic E-state index is -0.313. The standard InChI is InChI=1S/C17H16ClFN2O2/c1-12(14-4-8-16(19)9-5-14)21-17(22)11-23-20-10-13-2-6-15(18)7-3-13/h2-10,12H,11H2,1H3,(H,21,22)/b20-10+. The number of amides is 1. The van der Waals surface area contributed by atoms with Gasteiger partial charge in [0.25, 0.3) is 5.91 Å². The summed E-state index contributed by atoms with van der Waals surface area (Å²) in [4.78, 5) is 16.7. The molecule has 0 aliphatic rings. The predicted octanol–water partition coefficient (Wildman–Crippen LogP) is 3.71. The Bertz CT molecular complexity index is 672. The summed E-state index contributed by atoms with van der Waals surface area (Å²) in [5, 5.41) is 7.10. The van der Waals surface area contributed by atoms with E-state index in [0.29, 0.717) is 5.02 Å². The van der Waals surface area contributed by atoms with Crippen LogP contribution >= 0.6 is 11.6 Å². The maximum absolute atomic E-state index is 12.8. The Morgan fingerprint density at radius 3 is 2.57 bits per heavy atom. The van der Waals surface area contributed by atoms with Crippen LogP contribution in [0.2, 0.25) is 5.02 Å². The van der Waals surface area contributed by atoms with Gasteiger partial charge in [-0.1, -0.05) is 41.0 Å². The number of benzene rings is 2. The Labute approximate surface area is 138 Å². The van der Waals surface area contributed by atoms with Crippen LogP contribution in [0, 0.1) is 5.82 Å². The SMILES string of the molecule is CC(NC(=O)CO/N=C/c1ccc(Cl)cc1)c1ccc(F)cc1. The number of carbonyl (C=O) groups excluding carboxylic acids is 1. The van der Waals surface area contributed by atoms with Crippen molar-refractivity contribution in [3.63, 3.8) is 0 Å². The predicted molar refractivity (Wildman–Crippen MR) is 88.0 cm³/mol. The summed E-state index contributed by atoms with van der Waals surface area (Å²) >= 11 is 5.77. The van der Waals surface area contributed by atoms with Crippen molar-refractivity contribution in [3.8, 4) is 0 Å². The second-order valence-electron chi connectivity index (χ2n) is 4.90. The number of carbonyl (C=O) groups is 1. The zero-order valence-electron chi connectivity index (χ0n) is 12.5. The number of rotatable bonds is 6. The molecule has 23 heavy (non-hydrogen) atoms. The van der Waals surface area contributed by atoms with Gasteiger partial charge >= 0.3 is 0 Å². The lowest BCUT2D eigenvalue weighted by Gasteiger charge is -2.13. The van der Waals surface area contributed by atoms with Crippen LogP contribution in [0.5, 0.6) is 0 Å². The molecule has 6 heteroatoms. The highest BCUT2D eigenvalue weighted by atomic mass is 35.5. The first-order valence-corrected chi connectivity index (χ1v) is 7.38. The van der Waals surface area contributed by atoms with Gasteiger partial charge < -0.3 is 10.2 Å². The molecule has 0 aliphatic heterocycles. The van der Waals surface area contributed by atoms with E-state index < -0.39 is 0 Å². The van der Waals surface area contributed by atoms with Crippen LogP contribution < -0.4 is 5.32 Å². The van der Waals surface area contributed by atoms with Crippen LogP contribution in [0.1, 0.15) is 24.1 Å². The lowest BCUT2D eigenvalue weighted by atomic mass is 10.1. The maximum Gasteiger partial charge on any atom is 0.261 e. The molecule has 2 aromatic rings. The van der Waals surface area contributed by atoms with E-state index in [9.17, 15) is 9.18 Å². The third-order valence-corrected chi connectivity index (χ3v) is 3.34. The third kappa shape index (κ3) is 5.71. The molecule has 0 radical (unpaired) electrons. The maximum atomic E-state index is 12.8. The van der Waals surface area contributed by atoms with Crippen molar-refractivity contribution in [1.82, 2.24) is 5.32 Å². The van der Waals surface area contributed by atoms with Crippen molar-refractivity contribution in [2.75, 3.05) is 6.61 Å². The Balaban J connectivity index is 1.76. The van der Waals surface area contributed by atoms with Crippen LogP contribution in [0.3, 0.4) is 0 Å². The van der Waals surface area contributed by atoms with Crippen LogP contribution in [0.4, 0.5) is 4.39 Å². The fourth-order valence-electron chi connectivity index (χ4n) is 1.86. The summed E-state index contributed by atoms with van der Waals surface area (Å²) in [5.41, 5.74) is 1.62. The quantitative estimate of drug-likeness (QED) is 0.646. The molecule has 0 aliphatic carbocycles. The van der Waals surface area contributed by atoms with E-state index in [-0.39, 0.29) is 24.4 Å². The molecule has 0 heterocycles. The summed E-state index contributed by atoms with van der Waals surface area (Å²) in [6.45, 7) is 1.61. The minimum absolute atomic E-state index is 0.199. The summed E-state index contributed by atoms with van der Waals surface area (Å²) < 4.78 is 12.8. The monoisotopic (exact) mass is 334 g/mol. The lowest BCUT2D eigenvalue weighted by Crippen LogP contribution is -2.29. The number of hydrogen-bond acceptors (Lipinski definition) is 3. The van der Waals surface area contributed by atoms with Crippen LogP contribution in [-0.2, 0) is 9.63 Å². The van der Waals surface area contributed by atoms with Gasteiger partial charge in [-0.05, 0) is 42.3 Å². The smallest absolute Gasteiger partial charge is 0.261 e. The van der Waals surface area contributed by atoms with Gasteiger partial charge in [0, 0.05) is 5.02 Å². The zero-order valence-corrected chi connectivity index (χ0v) is 13.3. The van der Waals surface area contributed by atoms with Crippen molar-refractivity contribution in [2.45, 2.75) is 13.0 Å². The van der Waals surface area contributed by atoms with E-state index in [0.717, 1.165) is 11.1 Å². The highest BCUT2D eigenvalue weighted by Gasteiger charge is 2.09. The first-order valence-electron chi connectivity index (χ1n) is 7.00. The van der Waals surface area contributed by atoms with E-state index in [1.165, 1.54) is 18.3 Å². The molecule has 1 amide bonds. The van der Waals surface area contributed by atoms with Crippen molar-refractivity contribution >= 4 is 23.7 Å². The molecule has 0 fully saturated rings. The Morgan fingerprint density at radius 1 is 1.26 bits per heavy atom. The molecule has 4 nitrogen and oxygen atoms in total. The van der Waals surface area contributed by atoms with Crippen molar-refractivity contribution in [3.05, 3.63) is 70.5 Å². The molecule has 0 bridgehead atoms. The second kappa shape index (κ2) is 8.29. The zero-order chi connectivity index (χ0) is 16.7. The van der Waals surface area contributed by atoms with Gasteiger partial charge in [-0.2, -0.15) is 0 Å². The molecule has 0 saturated carbocycles. The van der Waals surface area contributed by atoms with E-state index in [1.807, 2.05) is 6.92 Å². The van der Waals surface area contributed by atoms with E-state index in [4.69, 9.17) is 16.4 Å². The summed E-state index contributed by atoms with van der Waals surface area (Å²) in [5.74, 6) is -0.623. The highest BCUT2D eigenvalue weighted by molar-refractivity contribution is 6.30. The number of hydrogen-bond donors (Lipinski definition) is 1. The van der Waals surface area contributed by atoms with Crippen LogP contribution in [0.15, 0.2) is 53.7 Å². The first kappa shape index (κ1) is 17.0. The topological polar surface area (TPSA) is 50.7 Å². The van der Waals surface area contributed by atoms with Crippen molar-refractivity contribution in [2.24, 2.45) is 5.16 Å². The third-order valence-electron chi connectivity index (χ3n) is 3.09. The molecule has 2 rings (SSSR count). The van der Waals surface area contributed by atoms with Gasteiger partial charge in [0.1, 0.15) is 5.82 Å². The fraction of sp³-hybridized carbons (Fsp3) is 0.176. The van der Waals surface area contributed by atoms with Crippen molar-refractivity contribution in [1.29, 1.82) is 0 Å². The van der Waals surface area contributed by atoms with Gasteiger partial charge in [-0.3, -0.25) is 4.79 Å². The molecule has 2 aromatic carbocycles.